The minimum Gasteiger partial charge on any atom is -0.398 e. The third-order valence-electron chi connectivity index (χ3n) is 4.80. The number of hydrogen-bond donors (Lipinski definition) is 1. The quantitative estimate of drug-likeness (QED) is 0.860. The maximum absolute atomic E-state index is 6.26. The molecule has 2 aromatic rings. The first-order valence-corrected chi connectivity index (χ1v) is 7.66. The van der Waals surface area contributed by atoms with Gasteiger partial charge in [-0.15, -0.1) is 0 Å². The number of hydrogen-bond acceptors (Lipinski definition) is 3. The summed E-state index contributed by atoms with van der Waals surface area (Å²) in [7, 11) is 2.21. The number of nitrogens with two attached hydrogens (primary N) is 1. The molecule has 1 aliphatic heterocycles. The van der Waals surface area contributed by atoms with E-state index in [1.165, 1.54) is 16.3 Å². The van der Waals surface area contributed by atoms with Gasteiger partial charge in [-0.3, -0.25) is 9.80 Å². The molecule has 0 amide bonds. The normalized spacial score (nSPS) is 20.0. The highest BCUT2D eigenvalue weighted by atomic mass is 15.3. The number of piperazine rings is 1. The predicted molar refractivity (Wildman–Crippen MR) is 90.3 cm³/mol. The Morgan fingerprint density at radius 2 is 1.76 bits per heavy atom. The van der Waals surface area contributed by atoms with Crippen LogP contribution in [0.5, 0.6) is 0 Å². The summed E-state index contributed by atoms with van der Waals surface area (Å²) < 4.78 is 0. The Morgan fingerprint density at radius 3 is 2.43 bits per heavy atom. The maximum Gasteiger partial charge on any atom is 0.0366 e. The van der Waals surface area contributed by atoms with Crippen molar-refractivity contribution in [3.8, 4) is 0 Å². The summed E-state index contributed by atoms with van der Waals surface area (Å²) in [6.45, 7) is 8.85. The van der Waals surface area contributed by atoms with Gasteiger partial charge >= 0.3 is 0 Å². The molecule has 3 heteroatoms. The second-order valence-corrected chi connectivity index (χ2v) is 6.84. The van der Waals surface area contributed by atoms with Crippen LogP contribution in [0.3, 0.4) is 0 Å². The lowest BCUT2D eigenvalue weighted by Gasteiger charge is -2.45. The third-order valence-corrected chi connectivity index (χ3v) is 4.80. The van der Waals surface area contributed by atoms with E-state index in [0.29, 0.717) is 0 Å². The van der Waals surface area contributed by atoms with E-state index < -0.39 is 0 Å². The van der Waals surface area contributed by atoms with Gasteiger partial charge in [-0.25, -0.2) is 0 Å². The zero-order chi connectivity index (χ0) is 15.0. The highest BCUT2D eigenvalue weighted by Gasteiger charge is 2.30. The van der Waals surface area contributed by atoms with E-state index in [1.807, 2.05) is 0 Å². The zero-order valence-electron chi connectivity index (χ0n) is 13.3. The summed E-state index contributed by atoms with van der Waals surface area (Å²) in [5, 5.41) is 2.49. The highest BCUT2D eigenvalue weighted by Crippen LogP contribution is 2.25. The average Bonchev–Trinajstić information content (AvgIpc) is 2.43. The van der Waals surface area contributed by atoms with Gasteiger partial charge < -0.3 is 5.73 Å². The molecule has 2 N–H and O–H groups in total. The Labute approximate surface area is 127 Å². The van der Waals surface area contributed by atoms with Crippen LogP contribution in [0.25, 0.3) is 10.8 Å². The molecule has 0 atom stereocenters. The molecule has 0 bridgehead atoms. The lowest BCUT2D eigenvalue weighted by Crippen LogP contribution is -2.57. The first-order chi connectivity index (χ1) is 9.95. The maximum atomic E-state index is 6.26. The minimum atomic E-state index is 0.226. The fourth-order valence-electron chi connectivity index (χ4n) is 3.16. The topological polar surface area (TPSA) is 32.5 Å². The molecule has 1 saturated heterocycles. The van der Waals surface area contributed by atoms with Crippen LogP contribution in [0, 0.1) is 0 Å². The van der Waals surface area contributed by atoms with Crippen LogP contribution in [0.4, 0.5) is 5.69 Å². The molecule has 0 radical (unpaired) electrons. The molecule has 0 saturated carbocycles. The second-order valence-electron chi connectivity index (χ2n) is 6.84. The summed E-state index contributed by atoms with van der Waals surface area (Å²) in [5.41, 5.74) is 8.64. The van der Waals surface area contributed by atoms with Gasteiger partial charge in [-0.2, -0.15) is 0 Å². The zero-order valence-corrected chi connectivity index (χ0v) is 13.3. The van der Waals surface area contributed by atoms with Gasteiger partial charge in [0.15, 0.2) is 0 Å². The van der Waals surface area contributed by atoms with E-state index in [-0.39, 0.29) is 5.54 Å². The van der Waals surface area contributed by atoms with Gasteiger partial charge in [0.05, 0.1) is 0 Å². The van der Waals surface area contributed by atoms with Crippen LogP contribution < -0.4 is 5.73 Å². The van der Waals surface area contributed by atoms with Crippen molar-refractivity contribution < 1.29 is 0 Å². The number of fused-ring (bicyclic) bond motifs is 1. The molecule has 0 aromatic heterocycles. The van der Waals surface area contributed by atoms with Gasteiger partial charge in [0.25, 0.3) is 0 Å². The lowest BCUT2D eigenvalue weighted by molar-refractivity contribution is 0.0361. The summed E-state index contributed by atoms with van der Waals surface area (Å²) in [4.78, 5) is 4.95. The molecule has 3 nitrogen and oxygen atoms in total. The summed E-state index contributed by atoms with van der Waals surface area (Å²) in [5.74, 6) is 0. The van der Waals surface area contributed by atoms with Gasteiger partial charge in [-0.1, -0.05) is 24.3 Å². The average molecular weight is 283 g/mol. The van der Waals surface area contributed by atoms with Crippen LogP contribution in [0.1, 0.15) is 19.4 Å². The fraction of sp³-hybridized carbons (Fsp3) is 0.444. The van der Waals surface area contributed by atoms with Crippen molar-refractivity contribution in [1.29, 1.82) is 0 Å². The van der Waals surface area contributed by atoms with Crippen molar-refractivity contribution in [2.75, 3.05) is 32.4 Å². The number of likely N-dealkylation sites (N-methyl/N-ethyl adjacent to an activating group) is 1. The number of anilines is 1. The molecule has 1 fully saturated rings. The predicted octanol–water partition coefficient (Wildman–Crippen LogP) is 2.95. The van der Waals surface area contributed by atoms with Gasteiger partial charge in [0.2, 0.25) is 0 Å². The van der Waals surface area contributed by atoms with E-state index in [4.69, 9.17) is 5.73 Å². The second kappa shape index (κ2) is 5.32. The van der Waals surface area contributed by atoms with Crippen molar-refractivity contribution in [2.24, 2.45) is 0 Å². The number of benzene rings is 2. The van der Waals surface area contributed by atoms with Crippen LogP contribution >= 0.6 is 0 Å². The van der Waals surface area contributed by atoms with E-state index in [2.05, 4.69) is 67.1 Å². The highest BCUT2D eigenvalue weighted by molar-refractivity contribution is 5.86. The number of nitrogens with zero attached hydrogens (tertiary/aromatic N) is 2. The van der Waals surface area contributed by atoms with E-state index in [9.17, 15) is 0 Å². The van der Waals surface area contributed by atoms with Gasteiger partial charge in [0, 0.05) is 37.4 Å². The SMILES string of the molecule is CN1CCN(Cc2cc3ccccc3cc2N)CC1(C)C. The molecule has 1 aliphatic rings. The van der Waals surface area contributed by atoms with Crippen LogP contribution in [-0.4, -0.2) is 42.0 Å². The summed E-state index contributed by atoms with van der Waals surface area (Å²) in [6, 6.07) is 12.8. The molecular weight excluding hydrogens is 258 g/mol. The lowest BCUT2D eigenvalue weighted by atomic mass is 9.98. The molecular formula is C18H25N3. The van der Waals surface area contributed by atoms with Crippen molar-refractivity contribution >= 4 is 16.5 Å². The Balaban J connectivity index is 1.83. The molecule has 0 aliphatic carbocycles. The molecule has 112 valence electrons. The van der Waals surface area contributed by atoms with Crippen LogP contribution in [-0.2, 0) is 6.54 Å². The Morgan fingerprint density at radius 1 is 1.10 bits per heavy atom. The molecule has 21 heavy (non-hydrogen) atoms. The molecule has 3 rings (SSSR count). The van der Waals surface area contributed by atoms with Crippen LogP contribution in [0.2, 0.25) is 0 Å². The molecule has 2 aromatic carbocycles. The van der Waals surface area contributed by atoms with E-state index >= 15 is 0 Å². The van der Waals surface area contributed by atoms with Crippen LogP contribution in [0.15, 0.2) is 36.4 Å². The number of rotatable bonds is 2. The molecule has 0 unspecified atom stereocenters. The molecule has 1 heterocycles. The number of nitrogen functional groups attached to an aromatic ring is 1. The van der Waals surface area contributed by atoms with Crippen molar-refractivity contribution in [3.63, 3.8) is 0 Å². The minimum absolute atomic E-state index is 0.226. The Kier molecular flexibility index (Phi) is 3.64. The van der Waals surface area contributed by atoms with E-state index in [0.717, 1.165) is 31.9 Å². The van der Waals surface area contributed by atoms with Gasteiger partial charge in [-0.05, 0) is 49.4 Å². The monoisotopic (exact) mass is 283 g/mol. The fourth-order valence-corrected chi connectivity index (χ4v) is 3.16. The first kappa shape index (κ1) is 14.4. The third kappa shape index (κ3) is 2.89. The van der Waals surface area contributed by atoms with E-state index in [1.54, 1.807) is 0 Å². The van der Waals surface area contributed by atoms with Crippen molar-refractivity contribution in [3.05, 3.63) is 42.0 Å². The summed E-state index contributed by atoms with van der Waals surface area (Å²) in [6.07, 6.45) is 0. The largest absolute Gasteiger partial charge is 0.398 e. The first-order valence-electron chi connectivity index (χ1n) is 7.66. The van der Waals surface area contributed by atoms with Gasteiger partial charge in [0.1, 0.15) is 0 Å². The van der Waals surface area contributed by atoms with Crippen molar-refractivity contribution in [1.82, 2.24) is 9.80 Å². The Bertz CT molecular complexity index is 648. The smallest absolute Gasteiger partial charge is 0.0366 e. The Hall–Kier alpha value is -1.58. The standard InChI is InChI=1S/C18H25N3/c1-18(2)13-21(9-8-20(18)3)12-16-10-14-6-4-5-7-15(14)11-17(16)19/h4-7,10-11H,8-9,12-13,19H2,1-3H3. The molecule has 0 spiro atoms. The van der Waals surface area contributed by atoms with Crippen molar-refractivity contribution in [2.45, 2.75) is 25.9 Å². The summed E-state index contributed by atoms with van der Waals surface area (Å²) >= 11 is 0.